The van der Waals surface area contributed by atoms with Crippen LogP contribution in [0.25, 0.3) is 11.2 Å². The summed E-state index contributed by atoms with van der Waals surface area (Å²) < 4.78 is 1.77. The highest BCUT2D eigenvalue weighted by Gasteiger charge is 2.10. The lowest BCUT2D eigenvalue weighted by Gasteiger charge is -2.09. The summed E-state index contributed by atoms with van der Waals surface area (Å²) in [7, 11) is 0. The Balaban J connectivity index is 2.05. The molecule has 0 unspecified atom stereocenters. The highest BCUT2D eigenvalue weighted by atomic mass is 16.3. The maximum absolute atomic E-state index is 11.8. The van der Waals surface area contributed by atoms with Crippen LogP contribution >= 0.6 is 0 Å². The minimum atomic E-state index is -0.347. The summed E-state index contributed by atoms with van der Waals surface area (Å²) in [4.78, 5) is 22.4. The van der Waals surface area contributed by atoms with Crippen molar-refractivity contribution < 1.29 is 5.11 Å². The van der Waals surface area contributed by atoms with E-state index in [1.807, 2.05) is 24.3 Å². The number of rotatable bonds is 4. The van der Waals surface area contributed by atoms with E-state index in [0.717, 1.165) is 11.1 Å². The monoisotopic (exact) mass is 285 g/mol. The van der Waals surface area contributed by atoms with Crippen LogP contribution < -0.4 is 11.3 Å². The molecule has 0 aliphatic rings. The zero-order valence-electron chi connectivity index (χ0n) is 11.3. The Bertz CT molecular complexity index is 837. The molecular formula is C14H15N5O2. The van der Waals surface area contributed by atoms with Crippen LogP contribution in [-0.2, 0) is 13.0 Å². The van der Waals surface area contributed by atoms with Crippen molar-refractivity contribution in [1.82, 2.24) is 19.5 Å². The van der Waals surface area contributed by atoms with Gasteiger partial charge in [-0.1, -0.05) is 24.3 Å². The Morgan fingerprint density at radius 3 is 2.81 bits per heavy atom. The van der Waals surface area contributed by atoms with E-state index in [9.17, 15) is 4.79 Å². The van der Waals surface area contributed by atoms with Crippen molar-refractivity contribution in [3.05, 3.63) is 52.1 Å². The van der Waals surface area contributed by atoms with E-state index in [-0.39, 0.29) is 23.6 Å². The molecule has 0 amide bonds. The molecule has 1 aromatic carbocycles. The van der Waals surface area contributed by atoms with Crippen LogP contribution in [0.3, 0.4) is 0 Å². The lowest BCUT2D eigenvalue weighted by atomic mass is 10.1. The third kappa shape index (κ3) is 2.50. The van der Waals surface area contributed by atoms with Gasteiger partial charge < -0.3 is 15.4 Å². The summed E-state index contributed by atoms with van der Waals surface area (Å²) in [6, 6.07) is 7.82. The fourth-order valence-corrected chi connectivity index (χ4v) is 2.35. The molecule has 3 rings (SSSR count). The average molecular weight is 285 g/mol. The van der Waals surface area contributed by atoms with E-state index in [2.05, 4.69) is 15.0 Å². The number of imidazole rings is 1. The first-order chi connectivity index (χ1) is 10.2. The normalized spacial score (nSPS) is 11.1. The summed E-state index contributed by atoms with van der Waals surface area (Å²) in [6.07, 6.45) is 2.15. The standard InChI is InChI=1S/C14H15N5O2/c15-14-17-12-11(13(21)18-14)16-8-19(12)7-10-4-2-1-3-9(10)5-6-20/h1-4,8,20H,5-7H2,(H3,15,17,18,21). The van der Waals surface area contributed by atoms with E-state index in [0.29, 0.717) is 18.6 Å². The first-order valence-corrected chi connectivity index (χ1v) is 6.57. The average Bonchev–Trinajstić information content (AvgIpc) is 2.85. The third-order valence-corrected chi connectivity index (χ3v) is 3.33. The lowest BCUT2D eigenvalue weighted by Crippen LogP contribution is -2.12. The van der Waals surface area contributed by atoms with Gasteiger partial charge in [-0.15, -0.1) is 0 Å². The molecule has 3 aromatic rings. The summed E-state index contributed by atoms with van der Waals surface area (Å²) in [5.41, 5.74) is 8.06. The van der Waals surface area contributed by atoms with Crippen LogP contribution in [-0.4, -0.2) is 31.2 Å². The first-order valence-electron chi connectivity index (χ1n) is 6.57. The number of nitrogen functional groups attached to an aromatic ring is 1. The van der Waals surface area contributed by atoms with E-state index < -0.39 is 0 Å². The predicted octanol–water partition coefficient (Wildman–Crippen LogP) is 0.285. The van der Waals surface area contributed by atoms with Gasteiger partial charge in [0.15, 0.2) is 11.2 Å². The number of fused-ring (bicyclic) bond motifs is 1. The van der Waals surface area contributed by atoms with Crippen LogP contribution in [0.5, 0.6) is 0 Å². The van der Waals surface area contributed by atoms with Crippen LogP contribution in [0.15, 0.2) is 35.4 Å². The van der Waals surface area contributed by atoms with Gasteiger partial charge >= 0.3 is 0 Å². The molecule has 0 aliphatic heterocycles. The molecule has 4 N–H and O–H groups in total. The Morgan fingerprint density at radius 1 is 1.29 bits per heavy atom. The number of aliphatic hydroxyl groups is 1. The van der Waals surface area contributed by atoms with Crippen molar-refractivity contribution in [2.75, 3.05) is 12.3 Å². The second kappa shape index (κ2) is 5.37. The Morgan fingerprint density at radius 2 is 2.05 bits per heavy atom. The van der Waals surface area contributed by atoms with Gasteiger partial charge in [0.1, 0.15) is 0 Å². The minimum absolute atomic E-state index is 0.0675. The highest BCUT2D eigenvalue weighted by molar-refractivity contribution is 5.70. The quantitative estimate of drug-likeness (QED) is 0.638. The number of benzene rings is 1. The number of nitrogens with two attached hydrogens (primary N) is 1. The van der Waals surface area contributed by atoms with Crippen molar-refractivity contribution in [3.8, 4) is 0 Å². The van der Waals surface area contributed by atoms with Crippen molar-refractivity contribution in [2.45, 2.75) is 13.0 Å². The molecule has 2 heterocycles. The molecule has 0 atom stereocenters. The fourth-order valence-electron chi connectivity index (χ4n) is 2.35. The lowest BCUT2D eigenvalue weighted by molar-refractivity contribution is 0.299. The maximum atomic E-state index is 11.8. The smallest absolute Gasteiger partial charge is 0.280 e. The number of hydrogen-bond acceptors (Lipinski definition) is 5. The SMILES string of the molecule is Nc1nc2c(ncn2Cc2ccccc2CCO)c(=O)[nH]1. The molecule has 0 radical (unpaired) electrons. The molecule has 7 nitrogen and oxygen atoms in total. The van der Waals surface area contributed by atoms with Crippen molar-refractivity contribution in [3.63, 3.8) is 0 Å². The minimum Gasteiger partial charge on any atom is -0.396 e. The molecule has 0 fully saturated rings. The molecule has 7 heteroatoms. The van der Waals surface area contributed by atoms with Gasteiger partial charge in [0.2, 0.25) is 5.95 Å². The van der Waals surface area contributed by atoms with E-state index in [1.165, 1.54) is 0 Å². The number of aromatic nitrogens is 4. The topological polar surface area (TPSA) is 110 Å². The van der Waals surface area contributed by atoms with Gasteiger partial charge in [-0.2, -0.15) is 4.98 Å². The second-order valence-corrected chi connectivity index (χ2v) is 4.74. The van der Waals surface area contributed by atoms with Crippen LogP contribution in [0.4, 0.5) is 5.95 Å². The molecule has 0 bridgehead atoms. The molecule has 0 saturated heterocycles. The van der Waals surface area contributed by atoms with Crippen LogP contribution in [0.1, 0.15) is 11.1 Å². The summed E-state index contributed by atoms with van der Waals surface area (Å²) in [6.45, 7) is 0.606. The first kappa shape index (κ1) is 13.3. The summed E-state index contributed by atoms with van der Waals surface area (Å²) in [5, 5.41) is 9.12. The van der Waals surface area contributed by atoms with E-state index in [4.69, 9.17) is 10.8 Å². The summed E-state index contributed by atoms with van der Waals surface area (Å²) in [5.74, 6) is 0.0675. The predicted molar refractivity (Wildman–Crippen MR) is 78.9 cm³/mol. The van der Waals surface area contributed by atoms with Gasteiger partial charge in [0, 0.05) is 6.61 Å². The zero-order valence-corrected chi connectivity index (χ0v) is 11.3. The molecule has 0 aliphatic carbocycles. The maximum Gasteiger partial charge on any atom is 0.280 e. The van der Waals surface area contributed by atoms with E-state index in [1.54, 1.807) is 10.9 Å². The fraction of sp³-hybridized carbons (Fsp3) is 0.214. The number of anilines is 1. The second-order valence-electron chi connectivity index (χ2n) is 4.74. The molecule has 2 aromatic heterocycles. The molecule has 0 saturated carbocycles. The molecule has 0 spiro atoms. The van der Waals surface area contributed by atoms with Gasteiger partial charge in [-0.25, -0.2) is 4.98 Å². The number of aromatic amines is 1. The van der Waals surface area contributed by atoms with Crippen LogP contribution in [0.2, 0.25) is 0 Å². The number of H-pyrrole nitrogens is 1. The van der Waals surface area contributed by atoms with Crippen molar-refractivity contribution >= 4 is 17.1 Å². The van der Waals surface area contributed by atoms with Gasteiger partial charge in [0.25, 0.3) is 5.56 Å². The largest absolute Gasteiger partial charge is 0.396 e. The molecule has 108 valence electrons. The Hall–Kier alpha value is -2.67. The van der Waals surface area contributed by atoms with Gasteiger partial charge in [0.05, 0.1) is 12.9 Å². The highest BCUT2D eigenvalue weighted by Crippen LogP contribution is 2.14. The van der Waals surface area contributed by atoms with Crippen molar-refractivity contribution in [1.29, 1.82) is 0 Å². The van der Waals surface area contributed by atoms with Crippen molar-refractivity contribution in [2.24, 2.45) is 0 Å². The Kier molecular flexibility index (Phi) is 3.41. The molecule has 21 heavy (non-hydrogen) atoms. The Labute approximate surface area is 120 Å². The summed E-state index contributed by atoms with van der Waals surface area (Å²) >= 11 is 0. The van der Waals surface area contributed by atoms with Crippen LogP contribution in [0, 0.1) is 0 Å². The third-order valence-electron chi connectivity index (χ3n) is 3.33. The van der Waals surface area contributed by atoms with Gasteiger partial charge in [-0.05, 0) is 17.5 Å². The van der Waals surface area contributed by atoms with Gasteiger partial charge in [-0.3, -0.25) is 9.78 Å². The number of nitrogens with one attached hydrogen (secondary N) is 1. The molecular weight excluding hydrogens is 270 g/mol. The number of aliphatic hydroxyl groups excluding tert-OH is 1. The number of nitrogens with zero attached hydrogens (tertiary/aromatic N) is 3. The number of hydrogen-bond donors (Lipinski definition) is 3. The zero-order chi connectivity index (χ0) is 14.8. The van der Waals surface area contributed by atoms with E-state index >= 15 is 0 Å².